The number of nitrogens with one attached hydrogen (secondary N) is 1. The van der Waals surface area contributed by atoms with Crippen molar-refractivity contribution in [2.45, 2.75) is 6.04 Å². The molecule has 0 spiro atoms. The molecule has 7 nitrogen and oxygen atoms in total. The molecule has 2 aromatic rings. The summed E-state index contributed by atoms with van der Waals surface area (Å²) in [5.74, 6) is -0.587. The number of nitrogens with zero attached hydrogens (tertiary/aromatic N) is 4. The van der Waals surface area contributed by atoms with Crippen molar-refractivity contribution in [2.24, 2.45) is 0 Å². The van der Waals surface area contributed by atoms with E-state index in [0.29, 0.717) is 5.95 Å². The van der Waals surface area contributed by atoms with Crippen LogP contribution in [-0.4, -0.2) is 39.9 Å². The molecule has 21 heavy (non-hydrogen) atoms. The van der Waals surface area contributed by atoms with Crippen molar-refractivity contribution < 1.29 is 9.90 Å². The van der Waals surface area contributed by atoms with Gasteiger partial charge in [-0.15, -0.1) is 0 Å². The number of carbonyl (C=O) groups is 1. The maximum Gasteiger partial charge on any atom is 0.352 e. The Morgan fingerprint density at radius 3 is 2.67 bits per heavy atom. The predicted molar refractivity (Wildman–Crippen MR) is 78.3 cm³/mol. The van der Waals surface area contributed by atoms with Crippen LogP contribution in [0, 0.1) is 0 Å². The Morgan fingerprint density at radius 2 is 2.05 bits per heavy atom. The van der Waals surface area contributed by atoms with Gasteiger partial charge in [0.05, 0.1) is 0 Å². The molecule has 3 rings (SSSR count). The fourth-order valence-corrected chi connectivity index (χ4v) is 2.27. The maximum absolute atomic E-state index is 11.2. The van der Waals surface area contributed by atoms with E-state index in [0.717, 1.165) is 11.3 Å². The largest absolute Gasteiger partial charge is 0.477 e. The highest BCUT2D eigenvalue weighted by Crippen LogP contribution is 2.29. The van der Waals surface area contributed by atoms with Gasteiger partial charge < -0.3 is 15.3 Å². The standard InChI is InChI=1S/C14H15N5O2/c1-18(2)10-5-3-9(4-6-10)12-7-11(13(20)21)17-14-15-8-16-19(12)14/h3-8,12H,1-2H3,(H,20,21)(H,15,16,17)/t12-/m1/s1. The Hall–Kier alpha value is -2.83. The molecule has 1 aliphatic rings. The van der Waals surface area contributed by atoms with Gasteiger partial charge in [0.25, 0.3) is 0 Å². The second-order valence-corrected chi connectivity index (χ2v) is 4.97. The molecule has 2 heterocycles. The Morgan fingerprint density at radius 1 is 1.33 bits per heavy atom. The molecule has 108 valence electrons. The quantitative estimate of drug-likeness (QED) is 0.885. The normalized spacial score (nSPS) is 16.7. The summed E-state index contributed by atoms with van der Waals surface area (Å²) in [5, 5.41) is 16.1. The molecular formula is C14H15N5O2. The Labute approximate surface area is 121 Å². The van der Waals surface area contributed by atoms with Crippen LogP contribution < -0.4 is 10.2 Å². The van der Waals surface area contributed by atoms with Gasteiger partial charge in [0.15, 0.2) is 0 Å². The lowest BCUT2D eigenvalue weighted by Gasteiger charge is -2.23. The molecule has 7 heteroatoms. The number of carboxylic acid groups (broad SMARTS) is 1. The van der Waals surface area contributed by atoms with Crippen molar-refractivity contribution in [1.29, 1.82) is 0 Å². The van der Waals surface area contributed by atoms with Gasteiger partial charge in [-0.05, 0) is 23.8 Å². The monoisotopic (exact) mass is 285 g/mol. The minimum Gasteiger partial charge on any atom is -0.477 e. The van der Waals surface area contributed by atoms with Crippen LogP contribution in [-0.2, 0) is 4.79 Å². The first-order valence-corrected chi connectivity index (χ1v) is 6.45. The van der Waals surface area contributed by atoms with E-state index in [1.807, 2.05) is 43.3 Å². The smallest absolute Gasteiger partial charge is 0.352 e. The van der Waals surface area contributed by atoms with Crippen LogP contribution in [0.5, 0.6) is 0 Å². The van der Waals surface area contributed by atoms with Crippen molar-refractivity contribution in [2.75, 3.05) is 24.3 Å². The van der Waals surface area contributed by atoms with Crippen molar-refractivity contribution in [3.63, 3.8) is 0 Å². The first kappa shape index (κ1) is 13.2. The highest BCUT2D eigenvalue weighted by atomic mass is 16.4. The van der Waals surface area contributed by atoms with E-state index in [1.165, 1.54) is 6.33 Å². The minimum absolute atomic E-state index is 0.109. The van der Waals surface area contributed by atoms with Crippen LogP contribution in [0.25, 0.3) is 0 Å². The molecule has 0 bridgehead atoms. The van der Waals surface area contributed by atoms with Gasteiger partial charge >= 0.3 is 5.97 Å². The lowest BCUT2D eigenvalue weighted by Crippen LogP contribution is -2.24. The molecule has 1 aliphatic heterocycles. The summed E-state index contributed by atoms with van der Waals surface area (Å²) in [6, 6.07) is 7.62. The van der Waals surface area contributed by atoms with Crippen molar-refractivity contribution in [1.82, 2.24) is 14.8 Å². The molecule has 1 aromatic heterocycles. The number of carboxylic acids is 1. The van der Waals surface area contributed by atoms with E-state index in [9.17, 15) is 9.90 Å². The van der Waals surface area contributed by atoms with Gasteiger partial charge in [-0.25, -0.2) is 9.48 Å². The third-order valence-electron chi connectivity index (χ3n) is 3.39. The van der Waals surface area contributed by atoms with Crippen LogP contribution in [0.4, 0.5) is 11.6 Å². The Bertz CT molecular complexity index is 702. The van der Waals surface area contributed by atoms with E-state index >= 15 is 0 Å². The second-order valence-electron chi connectivity index (χ2n) is 4.97. The lowest BCUT2D eigenvalue weighted by molar-refractivity contribution is -0.132. The van der Waals surface area contributed by atoms with Crippen LogP contribution in [0.3, 0.4) is 0 Å². The number of anilines is 2. The predicted octanol–water partition coefficient (Wildman–Crippen LogP) is 1.33. The Balaban J connectivity index is 2.02. The topological polar surface area (TPSA) is 83.3 Å². The maximum atomic E-state index is 11.2. The summed E-state index contributed by atoms with van der Waals surface area (Å²) in [4.78, 5) is 17.3. The Kier molecular flexibility index (Phi) is 3.09. The molecule has 1 aromatic carbocycles. The second kappa shape index (κ2) is 4.93. The van der Waals surface area contributed by atoms with Crippen LogP contribution in [0.1, 0.15) is 11.6 Å². The molecule has 0 saturated carbocycles. The number of aromatic nitrogens is 3. The van der Waals surface area contributed by atoms with Gasteiger partial charge in [0.1, 0.15) is 18.1 Å². The zero-order chi connectivity index (χ0) is 15.0. The molecule has 0 fully saturated rings. The van der Waals surface area contributed by atoms with E-state index < -0.39 is 5.97 Å². The highest BCUT2D eigenvalue weighted by Gasteiger charge is 2.25. The summed E-state index contributed by atoms with van der Waals surface area (Å²) < 4.78 is 1.66. The molecule has 0 unspecified atom stereocenters. The molecule has 2 N–H and O–H groups in total. The average Bonchev–Trinajstić information content (AvgIpc) is 2.94. The summed E-state index contributed by atoms with van der Waals surface area (Å²) in [6.45, 7) is 0. The average molecular weight is 285 g/mol. The summed E-state index contributed by atoms with van der Waals surface area (Å²) in [7, 11) is 3.94. The van der Waals surface area contributed by atoms with Gasteiger partial charge in [-0.2, -0.15) is 10.1 Å². The third-order valence-corrected chi connectivity index (χ3v) is 3.39. The van der Waals surface area contributed by atoms with E-state index in [-0.39, 0.29) is 11.7 Å². The molecular weight excluding hydrogens is 270 g/mol. The van der Waals surface area contributed by atoms with Gasteiger partial charge in [0, 0.05) is 19.8 Å². The van der Waals surface area contributed by atoms with Crippen LogP contribution in [0.2, 0.25) is 0 Å². The minimum atomic E-state index is -1.01. The number of fused-ring (bicyclic) bond motifs is 1. The summed E-state index contributed by atoms with van der Waals surface area (Å²) in [6.07, 6.45) is 3.04. The summed E-state index contributed by atoms with van der Waals surface area (Å²) >= 11 is 0. The molecule has 0 saturated heterocycles. The summed E-state index contributed by atoms with van der Waals surface area (Å²) in [5.41, 5.74) is 2.14. The zero-order valence-electron chi connectivity index (χ0n) is 11.7. The van der Waals surface area contributed by atoms with Crippen LogP contribution in [0.15, 0.2) is 42.4 Å². The van der Waals surface area contributed by atoms with Gasteiger partial charge in [0.2, 0.25) is 5.95 Å². The third kappa shape index (κ3) is 2.33. The molecule has 1 atom stereocenters. The number of hydrogen-bond acceptors (Lipinski definition) is 5. The lowest BCUT2D eigenvalue weighted by atomic mass is 10.0. The first-order chi connectivity index (χ1) is 10.1. The highest BCUT2D eigenvalue weighted by molar-refractivity contribution is 5.90. The molecule has 0 aliphatic carbocycles. The number of hydrogen-bond donors (Lipinski definition) is 2. The van der Waals surface area contributed by atoms with Crippen molar-refractivity contribution >= 4 is 17.6 Å². The van der Waals surface area contributed by atoms with E-state index in [4.69, 9.17) is 0 Å². The number of rotatable bonds is 3. The van der Waals surface area contributed by atoms with Crippen molar-refractivity contribution in [3.8, 4) is 0 Å². The first-order valence-electron chi connectivity index (χ1n) is 6.45. The SMILES string of the molecule is CN(C)c1ccc([C@H]2C=C(C(=O)O)Nc3ncnn32)cc1. The molecule has 0 amide bonds. The fourth-order valence-electron chi connectivity index (χ4n) is 2.27. The van der Waals surface area contributed by atoms with Gasteiger partial charge in [-0.1, -0.05) is 12.1 Å². The number of benzene rings is 1. The van der Waals surface area contributed by atoms with Gasteiger partial charge in [-0.3, -0.25) is 0 Å². The zero-order valence-corrected chi connectivity index (χ0v) is 11.7. The van der Waals surface area contributed by atoms with Crippen molar-refractivity contribution in [3.05, 3.63) is 47.9 Å². The number of allylic oxidation sites excluding steroid dienone is 1. The fraction of sp³-hybridized carbons (Fsp3) is 0.214. The van der Waals surface area contributed by atoms with E-state index in [1.54, 1.807) is 10.8 Å². The van der Waals surface area contributed by atoms with E-state index in [2.05, 4.69) is 15.4 Å². The number of aliphatic carboxylic acids is 1. The molecule has 0 radical (unpaired) electrons. The van der Waals surface area contributed by atoms with Crippen LogP contribution >= 0.6 is 0 Å².